The van der Waals surface area contributed by atoms with Gasteiger partial charge in [-0.2, -0.15) is 0 Å². The van der Waals surface area contributed by atoms with Crippen molar-refractivity contribution in [3.8, 4) is 11.3 Å². The number of carbonyl (C=O) groups is 1. The molecular formula is C22H29Cl2N5O. The molecule has 0 saturated carbocycles. The van der Waals surface area contributed by atoms with Gasteiger partial charge in [0.25, 0.3) is 0 Å². The molecule has 1 saturated heterocycles. The highest BCUT2D eigenvalue weighted by molar-refractivity contribution is 6.44. The highest BCUT2D eigenvalue weighted by Gasteiger charge is 2.39. The van der Waals surface area contributed by atoms with Gasteiger partial charge in [0.15, 0.2) is 0 Å². The fourth-order valence-electron chi connectivity index (χ4n) is 4.37. The summed E-state index contributed by atoms with van der Waals surface area (Å²) >= 11 is 13.1. The van der Waals surface area contributed by atoms with Gasteiger partial charge in [0.05, 0.1) is 28.0 Å². The van der Waals surface area contributed by atoms with E-state index in [4.69, 9.17) is 23.2 Å². The summed E-state index contributed by atoms with van der Waals surface area (Å²) in [6.07, 6.45) is 5.80. The third kappa shape index (κ3) is 4.71. The van der Waals surface area contributed by atoms with Crippen molar-refractivity contribution in [1.29, 1.82) is 0 Å². The SMILES string of the molecule is C[C@H](NC(=O)N(C)[C@@H]1CCN(C)CC1(C)C)c1ccc(-c2cnccn2)c(Cl)c1Cl. The topological polar surface area (TPSA) is 61.4 Å². The summed E-state index contributed by atoms with van der Waals surface area (Å²) in [6.45, 7) is 8.26. The van der Waals surface area contributed by atoms with Crippen molar-refractivity contribution in [1.82, 2.24) is 25.1 Å². The minimum absolute atomic E-state index is 0.0155. The lowest BCUT2D eigenvalue weighted by Gasteiger charge is -2.47. The Kier molecular flexibility index (Phi) is 6.90. The second-order valence-corrected chi connectivity index (χ2v) is 9.49. The average Bonchev–Trinajstić information content (AvgIpc) is 2.69. The van der Waals surface area contributed by atoms with Crippen LogP contribution in [0.25, 0.3) is 11.3 Å². The molecule has 1 aliphatic rings. The third-order valence-electron chi connectivity index (χ3n) is 5.91. The van der Waals surface area contributed by atoms with Gasteiger partial charge in [-0.25, -0.2) is 4.79 Å². The van der Waals surface area contributed by atoms with E-state index in [9.17, 15) is 4.79 Å². The first-order valence-corrected chi connectivity index (χ1v) is 10.8. The Bertz CT molecular complexity index is 906. The monoisotopic (exact) mass is 449 g/mol. The number of amides is 2. The van der Waals surface area contributed by atoms with Crippen LogP contribution in [0, 0.1) is 5.41 Å². The van der Waals surface area contributed by atoms with Gasteiger partial charge < -0.3 is 15.1 Å². The first-order chi connectivity index (χ1) is 14.1. The number of rotatable bonds is 4. The predicted molar refractivity (Wildman–Crippen MR) is 122 cm³/mol. The maximum absolute atomic E-state index is 13.0. The number of aromatic nitrogens is 2. The highest BCUT2D eigenvalue weighted by atomic mass is 35.5. The van der Waals surface area contributed by atoms with Crippen molar-refractivity contribution < 1.29 is 4.79 Å². The molecule has 0 spiro atoms. The number of benzene rings is 1. The van der Waals surface area contributed by atoms with Crippen LogP contribution in [-0.2, 0) is 0 Å². The van der Waals surface area contributed by atoms with Crippen LogP contribution in [0.1, 0.15) is 38.8 Å². The van der Waals surface area contributed by atoms with Crippen LogP contribution in [0.15, 0.2) is 30.7 Å². The predicted octanol–water partition coefficient (Wildman–Crippen LogP) is 4.88. The van der Waals surface area contributed by atoms with Crippen LogP contribution < -0.4 is 5.32 Å². The molecule has 2 amide bonds. The van der Waals surface area contributed by atoms with Gasteiger partial charge in [0.1, 0.15) is 0 Å². The Balaban J connectivity index is 1.75. The molecule has 0 aliphatic carbocycles. The minimum atomic E-state index is -0.296. The summed E-state index contributed by atoms with van der Waals surface area (Å²) in [4.78, 5) is 25.5. The van der Waals surface area contributed by atoms with E-state index in [0.29, 0.717) is 21.3 Å². The van der Waals surface area contributed by atoms with Crippen molar-refractivity contribution in [2.45, 2.75) is 39.3 Å². The Hall–Kier alpha value is -1.89. The number of nitrogens with one attached hydrogen (secondary N) is 1. The molecule has 2 aromatic rings. The fraction of sp³-hybridized carbons (Fsp3) is 0.500. The van der Waals surface area contributed by atoms with Crippen molar-refractivity contribution in [2.75, 3.05) is 27.2 Å². The molecule has 1 N–H and O–H groups in total. The Morgan fingerprint density at radius 2 is 2.03 bits per heavy atom. The molecule has 1 fully saturated rings. The first-order valence-electron chi connectivity index (χ1n) is 10.1. The molecule has 1 aromatic carbocycles. The second kappa shape index (κ2) is 9.08. The molecule has 0 bridgehead atoms. The second-order valence-electron chi connectivity index (χ2n) is 8.73. The molecule has 162 valence electrons. The van der Waals surface area contributed by atoms with Gasteiger partial charge in [-0.05, 0) is 37.9 Å². The number of hydrogen-bond donors (Lipinski definition) is 1. The van der Waals surface area contributed by atoms with E-state index in [1.807, 2.05) is 31.0 Å². The number of likely N-dealkylation sites (tertiary alicyclic amines) is 1. The Morgan fingerprint density at radius 3 is 2.67 bits per heavy atom. The smallest absolute Gasteiger partial charge is 0.317 e. The summed E-state index contributed by atoms with van der Waals surface area (Å²) in [6, 6.07) is 3.49. The Labute approximate surface area is 188 Å². The number of nitrogens with zero attached hydrogens (tertiary/aromatic N) is 4. The summed E-state index contributed by atoms with van der Waals surface area (Å²) in [5.74, 6) is 0. The van der Waals surface area contributed by atoms with Crippen LogP contribution >= 0.6 is 23.2 Å². The number of piperidine rings is 1. The lowest BCUT2D eigenvalue weighted by Crippen LogP contribution is -2.57. The summed E-state index contributed by atoms with van der Waals surface area (Å²) in [7, 11) is 3.99. The fourth-order valence-corrected chi connectivity index (χ4v) is 4.97. The molecule has 30 heavy (non-hydrogen) atoms. The molecule has 1 aromatic heterocycles. The Morgan fingerprint density at radius 1 is 1.30 bits per heavy atom. The zero-order valence-electron chi connectivity index (χ0n) is 18.1. The molecule has 1 aliphatic heterocycles. The van der Waals surface area contributed by atoms with Crippen LogP contribution in [0.3, 0.4) is 0 Å². The van der Waals surface area contributed by atoms with Gasteiger partial charge >= 0.3 is 6.03 Å². The number of halogens is 2. The van der Waals surface area contributed by atoms with Crippen LogP contribution in [0.5, 0.6) is 0 Å². The van der Waals surface area contributed by atoms with E-state index in [1.165, 1.54) is 0 Å². The van der Waals surface area contributed by atoms with Crippen LogP contribution in [0.4, 0.5) is 4.79 Å². The van der Waals surface area contributed by atoms with Crippen LogP contribution in [0.2, 0.25) is 10.0 Å². The molecule has 8 heteroatoms. The zero-order chi connectivity index (χ0) is 22.1. The highest BCUT2D eigenvalue weighted by Crippen LogP contribution is 2.37. The van der Waals surface area contributed by atoms with Gasteiger partial charge in [-0.15, -0.1) is 0 Å². The third-order valence-corrected chi connectivity index (χ3v) is 6.81. The summed E-state index contributed by atoms with van der Waals surface area (Å²) < 4.78 is 0. The standard InChI is InChI=1S/C22H29Cl2N5O/c1-14(27-21(30)29(5)18-8-11-28(4)13-22(18,2)3)15-6-7-16(20(24)19(15)23)17-12-25-9-10-26-17/h6-7,9-10,12,14,18H,8,11,13H2,1-5H3,(H,27,30)/t14-,18+/m0/s1. The van der Waals surface area contributed by atoms with E-state index in [0.717, 1.165) is 25.1 Å². The maximum Gasteiger partial charge on any atom is 0.317 e. The van der Waals surface area contributed by atoms with Gasteiger partial charge in [-0.1, -0.05) is 49.2 Å². The molecular weight excluding hydrogens is 421 g/mol. The van der Waals surface area contributed by atoms with Gasteiger partial charge in [0.2, 0.25) is 0 Å². The normalized spacial score (nSPS) is 19.9. The van der Waals surface area contributed by atoms with Crippen molar-refractivity contribution in [3.63, 3.8) is 0 Å². The summed E-state index contributed by atoms with van der Waals surface area (Å²) in [5, 5.41) is 3.89. The molecule has 0 radical (unpaired) electrons. The van der Waals surface area contributed by atoms with Gasteiger partial charge in [-0.3, -0.25) is 9.97 Å². The molecule has 6 nitrogen and oxygen atoms in total. The number of hydrogen-bond acceptors (Lipinski definition) is 4. The molecule has 3 rings (SSSR count). The van der Waals surface area contributed by atoms with Crippen molar-refractivity contribution >= 4 is 29.2 Å². The van der Waals surface area contributed by atoms with E-state index in [-0.39, 0.29) is 23.5 Å². The lowest BCUT2D eigenvalue weighted by molar-refractivity contribution is 0.0446. The van der Waals surface area contributed by atoms with Crippen LogP contribution in [-0.4, -0.2) is 59.0 Å². The maximum atomic E-state index is 13.0. The van der Waals surface area contributed by atoms with Crippen molar-refractivity contribution in [2.24, 2.45) is 5.41 Å². The largest absolute Gasteiger partial charge is 0.331 e. The number of carbonyl (C=O) groups excluding carboxylic acids is 1. The van der Waals surface area contributed by atoms with Crippen molar-refractivity contribution in [3.05, 3.63) is 46.3 Å². The zero-order valence-corrected chi connectivity index (χ0v) is 19.6. The van der Waals surface area contributed by atoms with Gasteiger partial charge in [0, 0.05) is 37.6 Å². The minimum Gasteiger partial charge on any atom is -0.331 e. The molecule has 2 heterocycles. The number of urea groups is 1. The first kappa shape index (κ1) is 22.8. The van der Waals surface area contributed by atoms with E-state index in [1.54, 1.807) is 18.6 Å². The van der Waals surface area contributed by atoms with E-state index < -0.39 is 0 Å². The lowest BCUT2D eigenvalue weighted by atomic mass is 9.78. The average molecular weight is 450 g/mol. The van der Waals surface area contributed by atoms with E-state index in [2.05, 4.69) is 41.1 Å². The molecule has 0 unspecified atom stereocenters. The quantitative estimate of drug-likeness (QED) is 0.721. The summed E-state index contributed by atoms with van der Waals surface area (Å²) in [5.41, 5.74) is 2.14. The molecule has 2 atom stereocenters. The van der Waals surface area contributed by atoms with E-state index >= 15 is 0 Å².